The van der Waals surface area contributed by atoms with Crippen LogP contribution in [0.15, 0.2) is 66.7 Å². The minimum Gasteiger partial charge on any atom is -0.497 e. The van der Waals surface area contributed by atoms with Crippen molar-refractivity contribution >= 4 is 16.7 Å². The molecule has 0 saturated carbocycles. The fourth-order valence-corrected chi connectivity index (χ4v) is 3.58. The molecule has 1 aliphatic rings. The Morgan fingerprint density at radius 3 is 2.78 bits per heavy atom. The van der Waals surface area contributed by atoms with Crippen LogP contribution in [0.25, 0.3) is 10.8 Å². The van der Waals surface area contributed by atoms with Crippen molar-refractivity contribution in [1.29, 1.82) is 0 Å². The summed E-state index contributed by atoms with van der Waals surface area (Å²) < 4.78 is 5.22. The maximum absolute atomic E-state index is 12.6. The lowest BCUT2D eigenvalue weighted by atomic mass is 9.96. The molecule has 5 nitrogen and oxygen atoms in total. The Hall–Kier alpha value is -2.89. The molecular formula is C22H23N3O2. The van der Waals surface area contributed by atoms with Gasteiger partial charge in [-0.1, -0.05) is 54.6 Å². The highest BCUT2D eigenvalue weighted by Crippen LogP contribution is 2.29. The van der Waals surface area contributed by atoms with E-state index in [-0.39, 0.29) is 18.0 Å². The number of nitrogens with one attached hydrogen (secondary N) is 3. The molecule has 3 aromatic rings. The third kappa shape index (κ3) is 3.79. The van der Waals surface area contributed by atoms with Crippen LogP contribution < -0.4 is 20.9 Å². The van der Waals surface area contributed by atoms with E-state index in [0.29, 0.717) is 13.0 Å². The van der Waals surface area contributed by atoms with E-state index >= 15 is 0 Å². The van der Waals surface area contributed by atoms with Gasteiger partial charge in [0.2, 0.25) is 5.91 Å². The van der Waals surface area contributed by atoms with Gasteiger partial charge in [-0.25, -0.2) is 10.9 Å². The van der Waals surface area contributed by atoms with Crippen LogP contribution in [0, 0.1) is 0 Å². The molecule has 0 aromatic heterocycles. The predicted octanol–water partition coefficient (Wildman–Crippen LogP) is 3.07. The van der Waals surface area contributed by atoms with Gasteiger partial charge >= 0.3 is 0 Å². The summed E-state index contributed by atoms with van der Waals surface area (Å²) in [4.78, 5) is 12.6. The van der Waals surface area contributed by atoms with Gasteiger partial charge < -0.3 is 10.1 Å². The monoisotopic (exact) mass is 361 g/mol. The van der Waals surface area contributed by atoms with Crippen LogP contribution in [0.2, 0.25) is 0 Å². The van der Waals surface area contributed by atoms with E-state index in [2.05, 4.69) is 46.5 Å². The van der Waals surface area contributed by atoms with E-state index in [1.54, 1.807) is 7.11 Å². The fourth-order valence-electron chi connectivity index (χ4n) is 3.58. The van der Waals surface area contributed by atoms with Crippen LogP contribution in [-0.2, 0) is 11.3 Å². The first-order valence-electron chi connectivity index (χ1n) is 9.14. The Kier molecular flexibility index (Phi) is 5.05. The summed E-state index contributed by atoms with van der Waals surface area (Å²) in [7, 11) is 1.64. The summed E-state index contributed by atoms with van der Waals surface area (Å²) in [5.74, 6) is 0.784. The van der Waals surface area contributed by atoms with Crippen LogP contribution in [0.1, 0.15) is 23.6 Å². The topological polar surface area (TPSA) is 62.4 Å². The van der Waals surface area contributed by atoms with Crippen molar-refractivity contribution in [3.05, 3.63) is 77.9 Å². The van der Waals surface area contributed by atoms with Crippen molar-refractivity contribution in [1.82, 2.24) is 16.2 Å². The smallest absolute Gasteiger partial charge is 0.238 e. The second-order valence-corrected chi connectivity index (χ2v) is 6.77. The van der Waals surface area contributed by atoms with Gasteiger partial charge in [-0.2, -0.15) is 0 Å². The summed E-state index contributed by atoms with van der Waals surface area (Å²) >= 11 is 0. The Morgan fingerprint density at radius 1 is 1.07 bits per heavy atom. The number of amides is 1. The lowest BCUT2D eigenvalue weighted by Gasteiger charge is -2.13. The molecule has 0 spiro atoms. The summed E-state index contributed by atoms with van der Waals surface area (Å²) in [6.07, 6.45) is 0.706. The van der Waals surface area contributed by atoms with Gasteiger partial charge in [-0.15, -0.1) is 0 Å². The molecular weight excluding hydrogens is 338 g/mol. The molecule has 27 heavy (non-hydrogen) atoms. The number of carbonyl (C=O) groups is 1. The van der Waals surface area contributed by atoms with E-state index < -0.39 is 0 Å². The minimum absolute atomic E-state index is 0.00643. The highest BCUT2D eigenvalue weighted by atomic mass is 16.5. The lowest BCUT2D eigenvalue weighted by molar-refractivity contribution is -0.123. The molecule has 1 heterocycles. The van der Waals surface area contributed by atoms with E-state index in [1.807, 2.05) is 36.4 Å². The third-order valence-electron chi connectivity index (χ3n) is 5.02. The van der Waals surface area contributed by atoms with Crippen LogP contribution in [0.5, 0.6) is 5.75 Å². The van der Waals surface area contributed by atoms with Gasteiger partial charge in [-0.3, -0.25) is 4.79 Å². The zero-order valence-electron chi connectivity index (χ0n) is 15.2. The summed E-state index contributed by atoms with van der Waals surface area (Å²) in [6, 6.07) is 22.2. The van der Waals surface area contributed by atoms with Gasteiger partial charge in [0.05, 0.1) is 7.11 Å². The van der Waals surface area contributed by atoms with Crippen molar-refractivity contribution < 1.29 is 9.53 Å². The molecule has 3 aromatic carbocycles. The largest absolute Gasteiger partial charge is 0.497 e. The lowest BCUT2D eigenvalue weighted by Crippen LogP contribution is -2.42. The summed E-state index contributed by atoms with van der Waals surface area (Å²) in [6.45, 7) is 0.479. The summed E-state index contributed by atoms with van der Waals surface area (Å²) in [5.41, 5.74) is 8.65. The molecule has 1 aliphatic heterocycles. The van der Waals surface area contributed by atoms with Gasteiger partial charge in [-0.05, 0) is 40.5 Å². The van der Waals surface area contributed by atoms with Crippen molar-refractivity contribution in [2.24, 2.45) is 0 Å². The molecule has 0 aliphatic carbocycles. The first-order valence-corrected chi connectivity index (χ1v) is 9.14. The number of benzene rings is 3. The van der Waals surface area contributed by atoms with Crippen LogP contribution in [-0.4, -0.2) is 19.1 Å². The quantitative estimate of drug-likeness (QED) is 0.654. The number of carbonyl (C=O) groups excluding carboxylic acids is 1. The van der Waals surface area contributed by atoms with E-state index in [0.717, 1.165) is 11.3 Å². The van der Waals surface area contributed by atoms with Gasteiger partial charge in [0, 0.05) is 12.6 Å². The van der Waals surface area contributed by atoms with E-state index in [9.17, 15) is 4.79 Å². The van der Waals surface area contributed by atoms with E-state index in [4.69, 9.17) is 4.74 Å². The minimum atomic E-state index is -0.264. The van der Waals surface area contributed by atoms with Crippen molar-refractivity contribution in [3.8, 4) is 5.75 Å². The first kappa shape index (κ1) is 17.5. The maximum atomic E-state index is 12.6. The Morgan fingerprint density at radius 2 is 1.89 bits per heavy atom. The second kappa shape index (κ2) is 7.78. The zero-order valence-corrected chi connectivity index (χ0v) is 15.2. The molecule has 4 rings (SSSR count). The van der Waals surface area contributed by atoms with Crippen molar-refractivity contribution in [2.75, 3.05) is 7.11 Å². The zero-order chi connectivity index (χ0) is 18.6. The standard InChI is InChI=1S/C22H23N3O2/c1-27-17-9-4-6-15(12-17)14-23-22(26)21-13-20(24-25-21)19-11-5-8-16-7-2-3-10-18(16)19/h2-12,20-21,24-25H,13-14H2,1H3,(H,23,26). The number of rotatable bonds is 5. The van der Waals surface area contributed by atoms with Crippen LogP contribution in [0.4, 0.5) is 0 Å². The molecule has 1 saturated heterocycles. The first-order chi connectivity index (χ1) is 13.2. The van der Waals surface area contributed by atoms with Gasteiger partial charge in [0.15, 0.2) is 0 Å². The number of ether oxygens (including phenoxy) is 1. The van der Waals surface area contributed by atoms with Gasteiger partial charge in [0.1, 0.15) is 11.8 Å². The number of fused-ring (bicyclic) bond motifs is 1. The number of methoxy groups -OCH3 is 1. The second-order valence-electron chi connectivity index (χ2n) is 6.77. The third-order valence-corrected chi connectivity index (χ3v) is 5.02. The molecule has 3 N–H and O–H groups in total. The Bertz CT molecular complexity index is 952. The highest BCUT2D eigenvalue weighted by Gasteiger charge is 2.30. The number of hydrazine groups is 1. The SMILES string of the molecule is COc1cccc(CNC(=O)C2CC(c3cccc4ccccc34)NN2)c1. The van der Waals surface area contributed by atoms with E-state index in [1.165, 1.54) is 16.3 Å². The summed E-state index contributed by atoms with van der Waals surface area (Å²) in [5, 5.41) is 5.43. The average Bonchev–Trinajstić information content (AvgIpc) is 3.22. The molecule has 1 amide bonds. The van der Waals surface area contributed by atoms with Crippen molar-refractivity contribution in [2.45, 2.75) is 25.0 Å². The molecule has 0 radical (unpaired) electrons. The predicted molar refractivity (Wildman–Crippen MR) is 106 cm³/mol. The molecule has 2 atom stereocenters. The fraction of sp³-hybridized carbons (Fsp3) is 0.227. The Labute approximate surface area is 158 Å². The molecule has 138 valence electrons. The molecule has 5 heteroatoms. The molecule has 1 fully saturated rings. The average molecular weight is 361 g/mol. The van der Waals surface area contributed by atoms with Gasteiger partial charge in [0.25, 0.3) is 0 Å². The molecule has 0 bridgehead atoms. The Balaban J connectivity index is 1.40. The highest BCUT2D eigenvalue weighted by molar-refractivity contribution is 5.86. The van der Waals surface area contributed by atoms with Crippen LogP contribution >= 0.6 is 0 Å². The van der Waals surface area contributed by atoms with Crippen molar-refractivity contribution in [3.63, 3.8) is 0 Å². The number of hydrogen-bond donors (Lipinski definition) is 3. The maximum Gasteiger partial charge on any atom is 0.238 e. The normalized spacial score (nSPS) is 19.1. The van der Waals surface area contributed by atoms with Crippen LogP contribution in [0.3, 0.4) is 0 Å². The molecule has 2 unspecified atom stereocenters. The number of hydrogen-bond acceptors (Lipinski definition) is 4.